The van der Waals surface area contributed by atoms with Crippen molar-refractivity contribution in [2.24, 2.45) is 0 Å². The number of hydrogen-bond donors (Lipinski definition) is 1. The van der Waals surface area contributed by atoms with Crippen molar-refractivity contribution in [2.45, 2.75) is 25.3 Å². The van der Waals surface area contributed by atoms with Crippen LogP contribution in [0.3, 0.4) is 0 Å². The molecule has 5 heteroatoms. The molecule has 29 heavy (non-hydrogen) atoms. The smallest absolute Gasteiger partial charge is 0.117 e. The van der Waals surface area contributed by atoms with Crippen LogP contribution in [0.2, 0.25) is 5.02 Å². The molecule has 1 aliphatic heterocycles. The van der Waals surface area contributed by atoms with Gasteiger partial charge in [0.2, 0.25) is 0 Å². The zero-order valence-corrected chi connectivity index (χ0v) is 17.2. The number of hydrogen-bond acceptors (Lipinski definition) is 4. The van der Waals surface area contributed by atoms with Gasteiger partial charge in [-0.15, -0.1) is 0 Å². The normalized spacial score (nSPS) is 15.3. The molecule has 1 aliphatic rings. The molecule has 1 saturated heterocycles. The summed E-state index contributed by atoms with van der Waals surface area (Å²) in [7, 11) is 0. The summed E-state index contributed by atoms with van der Waals surface area (Å²) < 4.78 is 0. The van der Waals surface area contributed by atoms with Crippen LogP contribution in [-0.4, -0.2) is 40.7 Å². The number of anilines is 2. The first-order valence-electron chi connectivity index (χ1n) is 10.1. The number of aromatic nitrogens is 1. The lowest BCUT2D eigenvalue weighted by molar-refractivity contribution is 0.215. The van der Waals surface area contributed by atoms with Crippen LogP contribution in [0, 0.1) is 0 Å². The lowest BCUT2D eigenvalue weighted by atomic mass is 10.0. The van der Waals surface area contributed by atoms with Gasteiger partial charge in [0.25, 0.3) is 0 Å². The fourth-order valence-electron chi connectivity index (χ4n) is 4.05. The van der Waals surface area contributed by atoms with E-state index in [2.05, 4.69) is 39.0 Å². The molecule has 1 N–H and O–H groups in total. The van der Waals surface area contributed by atoms with E-state index in [4.69, 9.17) is 11.6 Å². The summed E-state index contributed by atoms with van der Waals surface area (Å²) in [5.41, 5.74) is 3.41. The standard InChI is InChI=1S/C24H26ClN3O/c25-20-8-6-19(7-9-20)10-14-27-15-11-21(12-16-27)28(23-4-2-13-26-18-23)22-3-1-5-24(29)17-22/h1-9,13,17-18,21,29H,10-12,14-16H2. The molecule has 0 unspecified atom stereocenters. The quantitative estimate of drug-likeness (QED) is 0.603. The first-order chi connectivity index (χ1) is 14.2. The highest BCUT2D eigenvalue weighted by Gasteiger charge is 2.26. The average molecular weight is 408 g/mol. The third-order valence-electron chi connectivity index (χ3n) is 5.58. The van der Waals surface area contributed by atoms with E-state index >= 15 is 0 Å². The number of piperidine rings is 1. The molecule has 0 aliphatic carbocycles. The van der Waals surface area contributed by atoms with E-state index in [1.807, 2.05) is 36.5 Å². The van der Waals surface area contributed by atoms with Crippen LogP contribution in [-0.2, 0) is 6.42 Å². The number of rotatable bonds is 6. The van der Waals surface area contributed by atoms with Crippen LogP contribution in [0.4, 0.5) is 11.4 Å². The third kappa shape index (κ3) is 5.08. The first-order valence-corrected chi connectivity index (χ1v) is 10.5. The molecule has 1 fully saturated rings. The number of phenols is 1. The van der Waals surface area contributed by atoms with Crippen molar-refractivity contribution >= 4 is 23.0 Å². The minimum absolute atomic E-state index is 0.289. The Balaban J connectivity index is 1.42. The van der Waals surface area contributed by atoms with E-state index in [0.29, 0.717) is 6.04 Å². The van der Waals surface area contributed by atoms with Gasteiger partial charge in [-0.3, -0.25) is 4.98 Å². The van der Waals surface area contributed by atoms with Crippen molar-refractivity contribution < 1.29 is 5.11 Å². The zero-order chi connectivity index (χ0) is 20.1. The SMILES string of the molecule is Oc1cccc(N(c2cccnc2)C2CCN(CCc3ccc(Cl)cc3)CC2)c1. The van der Waals surface area contributed by atoms with Gasteiger partial charge in [-0.25, -0.2) is 0 Å². The van der Waals surface area contributed by atoms with E-state index in [1.165, 1.54) is 5.56 Å². The Labute approximate surface area is 177 Å². The Bertz CT molecular complexity index is 909. The highest BCUT2D eigenvalue weighted by Crippen LogP contribution is 2.33. The van der Waals surface area contributed by atoms with Crippen molar-refractivity contribution in [2.75, 3.05) is 24.5 Å². The molecule has 3 aromatic rings. The second-order valence-corrected chi connectivity index (χ2v) is 7.99. The van der Waals surface area contributed by atoms with Crippen molar-refractivity contribution in [3.63, 3.8) is 0 Å². The molecule has 150 valence electrons. The number of pyridine rings is 1. The fraction of sp³-hybridized carbons (Fsp3) is 0.292. The molecule has 0 atom stereocenters. The summed E-state index contributed by atoms with van der Waals surface area (Å²) in [6.07, 6.45) is 6.89. The highest BCUT2D eigenvalue weighted by molar-refractivity contribution is 6.30. The Morgan fingerprint density at radius 3 is 2.45 bits per heavy atom. The summed E-state index contributed by atoms with van der Waals surface area (Å²) in [6, 6.07) is 20.1. The van der Waals surface area contributed by atoms with Crippen LogP contribution >= 0.6 is 11.6 Å². The van der Waals surface area contributed by atoms with Crippen LogP contribution in [0.25, 0.3) is 0 Å². The van der Waals surface area contributed by atoms with Crippen LogP contribution in [0.1, 0.15) is 18.4 Å². The van der Waals surface area contributed by atoms with E-state index in [-0.39, 0.29) is 5.75 Å². The van der Waals surface area contributed by atoms with Gasteiger partial charge in [0.15, 0.2) is 0 Å². The maximum Gasteiger partial charge on any atom is 0.117 e. The molecular formula is C24H26ClN3O. The molecule has 0 spiro atoms. The van der Waals surface area contributed by atoms with Gasteiger partial charge in [0.1, 0.15) is 5.75 Å². The minimum Gasteiger partial charge on any atom is -0.508 e. The van der Waals surface area contributed by atoms with E-state index in [1.54, 1.807) is 12.3 Å². The first kappa shape index (κ1) is 19.7. The zero-order valence-electron chi connectivity index (χ0n) is 16.4. The lowest BCUT2D eigenvalue weighted by Gasteiger charge is -2.39. The lowest BCUT2D eigenvalue weighted by Crippen LogP contribution is -2.43. The van der Waals surface area contributed by atoms with Crippen LogP contribution in [0.5, 0.6) is 5.75 Å². The van der Waals surface area contributed by atoms with Crippen LogP contribution < -0.4 is 4.90 Å². The summed E-state index contributed by atoms with van der Waals surface area (Å²) in [6.45, 7) is 3.19. The third-order valence-corrected chi connectivity index (χ3v) is 5.84. The summed E-state index contributed by atoms with van der Waals surface area (Å²) >= 11 is 5.98. The molecular weight excluding hydrogens is 382 g/mol. The maximum absolute atomic E-state index is 9.99. The number of halogens is 1. The second-order valence-electron chi connectivity index (χ2n) is 7.55. The number of phenolic OH excluding ortho intramolecular Hbond substituents is 1. The van der Waals surface area contributed by atoms with Gasteiger partial charge in [-0.1, -0.05) is 29.8 Å². The Hall–Kier alpha value is -2.56. The van der Waals surface area contributed by atoms with Crippen LogP contribution in [0.15, 0.2) is 73.1 Å². The fourth-order valence-corrected chi connectivity index (χ4v) is 4.18. The molecule has 0 radical (unpaired) electrons. The largest absolute Gasteiger partial charge is 0.508 e. The van der Waals surface area contributed by atoms with E-state index in [9.17, 15) is 5.11 Å². The molecule has 0 saturated carbocycles. The molecule has 4 nitrogen and oxygen atoms in total. The predicted molar refractivity (Wildman–Crippen MR) is 119 cm³/mol. The van der Waals surface area contributed by atoms with Crippen molar-refractivity contribution in [3.8, 4) is 5.75 Å². The predicted octanol–water partition coefficient (Wildman–Crippen LogP) is 5.29. The maximum atomic E-state index is 9.99. The minimum atomic E-state index is 0.289. The average Bonchev–Trinajstić information content (AvgIpc) is 2.75. The number of benzene rings is 2. The highest BCUT2D eigenvalue weighted by atomic mass is 35.5. The van der Waals surface area contributed by atoms with E-state index in [0.717, 1.165) is 55.3 Å². The molecule has 0 bridgehead atoms. The van der Waals surface area contributed by atoms with E-state index < -0.39 is 0 Å². The number of aromatic hydroxyl groups is 1. The van der Waals surface area contributed by atoms with Gasteiger partial charge in [-0.05, 0) is 61.2 Å². The topological polar surface area (TPSA) is 39.6 Å². The van der Waals surface area contributed by atoms with Gasteiger partial charge < -0.3 is 14.9 Å². The van der Waals surface area contributed by atoms with Crippen molar-refractivity contribution in [1.82, 2.24) is 9.88 Å². The summed E-state index contributed by atoms with van der Waals surface area (Å²) in [5.74, 6) is 0.289. The van der Waals surface area contributed by atoms with Gasteiger partial charge in [0, 0.05) is 48.6 Å². The molecule has 4 rings (SSSR count). The Morgan fingerprint density at radius 2 is 1.76 bits per heavy atom. The van der Waals surface area contributed by atoms with Gasteiger partial charge >= 0.3 is 0 Å². The Kier molecular flexibility index (Phi) is 6.33. The number of nitrogens with zero attached hydrogens (tertiary/aromatic N) is 3. The van der Waals surface area contributed by atoms with Crippen molar-refractivity contribution in [3.05, 3.63) is 83.6 Å². The van der Waals surface area contributed by atoms with Gasteiger partial charge in [-0.2, -0.15) is 0 Å². The summed E-state index contributed by atoms with van der Waals surface area (Å²) in [5, 5.41) is 10.8. The molecule has 2 aromatic carbocycles. The molecule has 2 heterocycles. The Morgan fingerprint density at radius 1 is 1.00 bits per heavy atom. The summed E-state index contributed by atoms with van der Waals surface area (Å²) in [4.78, 5) is 9.17. The second kappa shape index (κ2) is 9.29. The molecule has 1 aromatic heterocycles. The molecule has 0 amide bonds. The monoisotopic (exact) mass is 407 g/mol. The number of likely N-dealkylation sites (tertiary alicyclic amines) is 1. The van der Waals surface area contributed by atoms with Gasteiger partial charge in [0.05, 0.1) is 11.9 Å². The van der Waals surface area contributed by atoms with Crippen molar-refractivity contribution in [1.29, 1.82) is 0 Å².